The Morgan fingerprint density at radius 3 is 2.56 bits per heavy atom. The minimum Gasteiger partial charge on any atom is -0.459 e. The molecule has 1 aromatic carbocycles. The summed E-state index contributed by atoms with van der Waals surface area (Å²) in [6.07, 6.45) is 0. The van der Waals surface area contributed by atoms with Gasteiger partial charge >= 0.3 is 11.9 Å². The number of benzene rings is 1. The zero-order chi connectivity index (χ0) is 12.1. The zero-order valence-electron chi connectivity index (χ0n) is 8.42. The number of nitrogens with one attached hydrogen (secondary N) is 1. The zero-order valence-corrected chi connectivity index (χ0v) is 9.93. The molecule has 0 atom stereocenters. The minimum atomic E-state index is -0.937. The molecule has 1 N–H and O–H groups in total. The molecule has 0 unspecified atom stereocenters. The highest BCUT2D eigenvalue weighted by Crippen LogP contribution is 2.24. The van der Waals surface area contributed by atoms with Crippen LogP contribution >= 0.6 is 23.2 Å². The molecule has 0 heterocycles. The number of carbonyl (C=O) groups is 2. The Bertz CT molecular complexity index is 421. The molecule has 0 aliphatic carbocycles. The summed E-state index contributed by atoms with van der Waals surface area (Å²) in [6.45, 7) is 1.76. The number of amides is 1. The second kappa shape index (κ2) is 5.72. The molecule has 4 nitrogen and oxygen atoms in total. The molecule has 0 fully saturated rings. The molecule has 0 saturated heterocycles. The van der Waals surface area contributed by atoms with Gasteiger partial charge in [-0.2, -0.15) is 0 Å². The van der Waals surface area contributed by atoms with Crippen molar-refractivity contribution in [2.24, 2.45) is 0 Å². The van der Waals surface area contributed by atoms with Crippen LogP contribution in [0.1, 0.15) is 6.92 Å². The van der Waals surface area contributed by atoms with E-state index in [4.69, 9.17) is 23.2 Å². The lowest BCUT2D eigenvalue weighted by Crippen LogP contribution is -2.24. The van der Waals surface area contributed by atoms with Crippen LogP contribution in [0, 0.1) is 0 Å². The Labute approximate surface area is 102 Å². The number of hydrogen-bond donors (Lipinski definition) is 1. The van der Waals surface area contributed by atoms with E-state index in [1.165, 1.54) is 18.2 Å². The molecular weight excluding hydrogens is 253 g/mol. The quantitative estimate of drug-likeness (QED) is 0.658. The number of ether oxygens (including phenoxy) is 1. The van der Waals surface area contributed by atoms with Gasteiger partial charge in [-0.05, 0) is 25.1 Å². The number of esters is 1. The van der Waals surface area contributed by atoms with Crippen LogP contribution in [0.2, 0.25) is 10.0 Å². The summed E-state index contributed by atoms with van der Waals surface area (Å²) in [5, 5.41) is 3.00. The molecule has 0 aliphatic heterocycles. The van der Waals surface area contributed by atoms with Crippen molar-refractivity contribution >= 4 is 40.8 Å². The van der Waals surface area contributed by atoms with Crippen LogP contribution in [0.15, 0.2) is 18.2 Å². The predicted octanol–water partition coefficient (Wildman–Crippen LogP) is 2.50. The molecule has 0 aromatic heterocycles. The average Bonchev–Trinajstić information content (AvgIpc) is 2.24. The molecular formula is C10H9Cl2NO3. The molecule has 86 valence electrons. The maximum atomic E-state index is 11.2. The van der Waals surface area contributed by atoms with E-state index in [9.17, 15) is 9.59 Å². The lowest BCUT2D eigenvalue weighted by molar-refractivity contribution is -0.152. The van der Waals surface area contributed by atoms with Crippen molar-refractivity contribution in [3.63, 3.8) is 0 Å². The third-order valence-corrected chi connectivity index (χ3v) is 2.38. The standard InChI is InChI=1S/C10H9Cl2NO3/c1-2-16-10(15)9(14)13-6-3-4-7(11)8(12)5-6/h3-5H,2H2,1H3,(H,13,14). The topological polar surface area (TPSA) is 55.4 Å². The molecule has 1 rings (SSSR count). The molecule has 0 radical (unpaired) electrons. The summed E-state index contributed by atoms with van der Waals surface area (Å²) in [6, 6.07) is 4.50. The molecule has 6 heteroatoms. The lowest BCUT2D eigenvalue weighted by Gasteiger charge is -2.05. The van der Waals surface area contributed by atoms with E-state index in [-0.39, 0.29) is 6.61 Å². The van der Waals surface area contributed by atoms with Crippen molar-refractivity contribution in [3.8, 4) is 0 Å². The van der Waals surface area contributed by atoms with Crippen molar-refractivity contribution < 1.29 is 14.3 Å². The van der Waals surface area contributed by atoms with E-state index < -0.39 is 11.9 Å². The smallest absolute Gasteiger partial charge is 0.397 e. The highest BCUT2D eigenvalue weighted by Gasteiger charge is 2.14. The average molecular weight is 262 g/mol. The van der Waals surface area contributed by atoms with E-state index in [0.717, 1.165) is 0 Å². The normalized spacial score (nSPS) is 9.69. The third-order valence-electron chi connectivity index (χ3n) is 1.64. The Kier molecular flexibility index (Phi) is 4.58. The van der Waals surface area contributed by atoms with Crippen molar-refractivity contribution in [2.45, 2.75) is 6.92 Å². The molecule has 1 aromatic rings. The van der Waals surface area contributed by atoms with E-state index in [1.54, 1.807) is 6.92 Å². The van der Waals surface area contributed by atoms with Crippen LogP contribution < -0.4 is 5.32 Å². The van der Waals surface area contributed by atoms with Gasteiger partial charge in [-0.15, -0.1) is 0 Å². The molecule has 0 bridgehead atoms. The van der Waals surface area contributed by atoms with Gasteiger partial charge in [-0.1, -0.05) is 23.2 Å². The van der Waals surface area contributed by atoms with E-state index in [2.05, 4.69) is 10.1 Å². The van der Waals surface area contributed by atoms with Gasteiger partial charge in [0.05, 0.1) is 16.7 Å². The fraction of sp³-hybridized carbons (Fsp3) is 0.200. The largest absolute Gasteiger partial charge is 0.459 e. The number of halogens is 2. The number of carbonyl (C=O) groups excluding carboxylic acids is 2. The van der Waals surface area contributed by atoms with Crippen LogP contribution in [-0.2, 0) is 14.3 Å². The second-order valence-corrected chi connectivity index (χ2v) is 3.62. The third kappa shape index (κ3) is 3.40. The van der Waals surface area contributed by atoms with Gasteiger partial charge in [0.25, 0.3) is 0 Å². The number of hydrogen-bond acceptors (Lipinski definition) is 3. The fourth-order valence-electron chi connectivity index (χ4n) is 0.953. The number of anilines is 1. The Balaban J connectivity index is 2.70. The van der Waals surface area contributed by atoms with Crippen molar-refractivity contribution in [1.82, 2.24) is 0 Å². The van der Waals surface area contributed by atoms with Gasteiger partial charge in [0.2, 0.25) is 0 Å². The monoisotopic (exact) mass is 261 g/mol. The Hall–Kier alpha value is -1.26. The van der Waals surface area contributed by atoms with E-state index in [0.29, 0.717) is 15.7 Å². The number of rotatable bonds is 2. The molecule has 0 spiro atoms. The van der Waals surface area contributed by atoms with Crippen LogP contribution in [0.5, 0.6) is 0 Å². The summed E-state index contributed by atoms with van der Waals surface area (Å²) in [7, 11) is 0. The Morgan fingerprint density at radius 1 is 1.31 bits per heavy atom. The maximum Gasteiger partial charge on any atom is 0.397 e. The summed E-state index contributed by atoms with van der Waals surface area (Å²) in [4.78, 5) is 22.2. The van der Waals surface area contributed by atoms with Crippen molar-refractivity contribution in [1.29, 1.82) is 0 Å². The minimum absolute atomic E-state index is 0.146. The summed E-state index contributed by atoms with van der Waals surface area (Å²) in [5.74, 6) is -1.78. The highest BCUT2D eigenvalue weighted by atomic mass is 35.5. The first-order chi connectivity index (χ1) is 7.54. The van der Waals surface area contributed by atoms with E-state index >= 15 is 0 Å². The van der Waals surface area contributed by atoms with Gasteiger partial charge in [-0.25, -0.2) is 4.79 Å². The van der Waals surface area contributed by atoms with Crippen LogP contribution in [0.4, 0.5) is 5.69 Å². The maximum absolute atomic E-state index is 11.2. The summed E-state index contributed by atoms with van der Waals surface area (Å²) in [5.41, 5.74) is 0.382. The van der Waals surface area contributed by atoms with Gasteiger partial charge in [0.15, 0.2) is 0 Å². The second-order valence-electron chi connectivity index (χ2n) is 2.80. The first-order valence-electron chi connectivity index (χ1n) is 4.47. The van der Waals surface area contributed by atoms with Crippen LogP contribution in [0.25, 0.3) is 0 Å². The summed E-state index contributed by atoms with van der Waals surface area (Å²) >= 11 is 11.4. The van der Waals surface area contributed by atoms with E-state index in [1.807, 2.05) is 0 Å². The van der Waals surface area contributed by atoms with Gasteiger partial charge < -0.3 is 10.1 Å². The summed E-state index contributed by atoms with van der Waals surface area (Å²) < 4.78 is 4.52. The lowest BCUT2D eigenvalue weighted by atomic mass is 10.3. The predicted molar refractivity (Wildman–Crippen MR) is 61.7 cm³/mol. The SMILES string of the molecule is CCOC(=O)C(=O)Nc1ccc(Cl)c(Cl)c1. The first-order valence-corrected chi connectivity index (χ1v) is 5.23. The molecule has 16 heavy (non-hydrogen) atoms. The highest BCUT2D eigenvalue weighted by molar-refractivity contribution is 6.42. The molecule has 0 aliphatic rings. The van der Waals surface area contributed by atoms with Crippen molar-refractivity contribution in [2.75, 3.05) is 11.9 Å². The molecule has 0 saturated carbocycles. The van der Waals surface area contributed by atoms with Gasteiger partial charge in [0.1, 0.15) is 0 Å². The fourth-order valence-corrected chi connectivity index (χ4v) is 1.25. The van der Waals surface area contributed by atoms with Gasteiger partial charge in [-0.3, -0.25) is 4.79 Å². The molecule has 1 amide bonds. The van der Waals surface area contributed by atoms with Crippen molar-refractivity contribution in [3.05, 3.63) is 28.2 Å². The van der Waals surface area contributed by atoms with Crippen LogP contribution in [0.3, 0.4) is 0 Å². The Morgan fingerprint density at radius 2 is 2.00 bits per heavy atom. The van der Waals surface area contributed by atoms with Crippen LogP contribution in [-0.4, -0.2) is 18.5 Å². The first kappa shape index (κ1) is 12.8. The van der Waals surface area contributed by atoms with Gasteiger partial charge in [0, 0.05) is 5.69 Å².